The van der Waals surface area contributed by atoms with E-state index in [0.717, 1.165) is 36.8 Å². The number of benzene rings is 2. The van der Waals surface area contributed by atoms with Crippen LogP contribution in [0.15, 0.2) is 60.0 Å². The summed E-state index contributed by atoms with van der Waals surface area (Å²) in [5.41, 5.74) is 3.79. The molecule has 3 aromatic rings. The minimum Gasteiger partial charge on any atom is -0.330 e. The van der Waals surface area contributed by atoms with Crippen molar-refractivity contribution in [2.75, 3.05) is 13.1 Å². The summed E-state index contributed by atoms with van der Waals surface area (Å²) in [4.78, 5) is 31.8. The lowest BCUT2D eigenvalue weighted by molar-refractivity contribution is -0.134. The van der Waals surface area contributed by atoms with Gasteiger partial charge in [0, 0.05) is 23.0 Å². The molecule has 1 atom stereocenters. The lowest BCUT2D eigenvalue weighted by Gasteiger charge is -2.38. The fourth-order valence-corrected chi connectivity index (χ4v) is 5.58. The van der Waals surface area contributed by atoms with Crippen LogP contribution in [0.3, 0.4) is 0 Å². The molecule has 0 fully saturated rings. The molecule has 2 heterocycles. The number of unbranched alkanes of at least 4 members (excludes halogenated alkanes) is 1. The predicted octanol–water partition coefficient (Wildman–Crippen LogP) is 6.25. The van der Waals surface area contributed by atoms with Gasteiger partial charge in [-0.3, -0.25) is 9.59 Å². The molecule has 0 aliphatic carbocycles. The van der Waals surface area contributed by atoms with Crippen molar-refractivity contribution in [3.05, 3.63) is 92.9 Å². The van der Waals surface area contributed by atoms with Crippen LogP contribution in [0.4, 0.5) is 4.39 Å². The van der Waals surface area contributed by atoms with E-state index >= 15 is 0 Å². The largest absolute Gasteiger partial charge is 0.330 e. The van der Waals surface area contributed by atoms with E-state index in [2.05, 4.69) is 13.0 Å². The molecule has 0 spiro atoms. The lowest BCUT2D eigenvalue weighted by atomic mass is 9.93. The SMILES string of the molecule is CCCCc1ccc(C(=O)N(CC(=O)N2CCc3sccc3C2c2ccc(F)cc2)C(C)C)cc1. The van der Waals surface area contributed by atoms with E-state index in [1.807, 2.05) is 48.4 Å². The van der Waals surface area contributed by atoms with Crippen LogP contribution < -0.4 is 0 Å². The topological polar surface area (TPSA) is 40.6 Å². The Morgan fingerprint density at radius 1 is 1.09 bits per heavy atom. The lowest BCUT2D eigenvalue weighted by Crippen LogP contribution is -2.48. The zero-order valence-electron chi connectivity index (χ0n) is 20.7. The number of fused-ring (bicyclic) bond motifs is 1. The highest BCUT2D eigenvalue weighted by atomic mass is 32.1. The van der Waals surface area contributed by atoms with Crippen LogP contribution >= 0.6 is 11.3 Å². The molecule has 0 saturated heterocycles. The van der Waals surface area contributed by atoms with Gasteiger partial charge in [-0.15, -0.1) is 11.3 Å². The van der Waals surface area contributed by atoms with Gasteiger partial charge in [-0.1, -0.05) is 37.6 Å². The maximum atomic E-state index is 13.7. The molecule has 0 saturated carbocycles. The molecule has 35 heavy (non-hydrogen) atoms. The third-order valence-corrected chi connectivity index (χ3v) is 7.68. The molecule has 2 amide bonds. The van der Waals surface area contributed by atoms with Gasteiger partial charge in [0.2, 0.25) is 5.91 Å². The molecular formula is C29H33FN2O2S. The van der Waals surface area contributed by atoms with Crippen molar-refractivity contribution in [1.82, 2.24) is 9.80 Å². The van der Waals surface area contributed by atoms with Gasteiger partial charge >= 0.3 is 0 Å². The summed E-state index contributed by atoms with van der Waals surface area (Å²) in [6.07, 6.45) is 4.04. The summed E-state index contributed by atoms with van der Waals surface area (Å²) in [6, 6.07) is 15.8. The third-order valence-electron chi connectivity index (χ3n) is 6.68. The van der Waals surface area contributed by atoms with Crippen LogP contribution in [0.2, 0.25) is 0 Å². The van der Waals surface area contributed by atoms with Gasteiger partial charge in [0.05, 0.1) is 6.04 Å². The Kier molecular flexibility index (Phi) is 8.01. The zero-order chi connectivity index (χ0) is 24.9. The summed E-state index contributed by atoms with van der Waals surface area (Å²) >= 11 is 1.69. The standard InChI is InChI=1S/C29H33FN2O2S/c1-4-5-6-21-7-9-23(10-8-21)29(34)32(20(2)3)19-27(33)31-17-15-26-25(16-18-35-26)28(31)22-11-13-24(30)14-12-22/h7-14,16,18,20,28H,4-6,15,17,19H2,1-3H3. The second kappa shape index (κ2) is 11.2. The van der Waals surface area contributed by atoms with Gasteiger partial charge in [-0.05, 0) is 85.5 Å². The number of halogens is 1. The number of thiophene rings is 1. The molecule has 0 N–H and O–H groups in total. The molecule has 184 valence electrons. The maximum Gasteiger partial charge on any atom is 0.254 e. The van der Waals surface area contributed by atoms with Gasteiger partial charge in [-0.25, -0.2) is 4.39 Å². The first kappa shape index (κ1) is 25.1. The number of aryl methyl sites for hydroxylation is 1. The van der Waals surface area contributed by atoms with Crippen LogP contribution in [-0.2, 0) is 17.6 Å². The quantitative estimate of drug-likeness (QED) is 0.373. The zero-order valence-corrected chi connectivity index (χ0v) is 21.5. The third kappa shape index (κ3) is 5.64. The van der Waals surface area contributed by atoms with E-state index in [9.17, 15) is 14.0 Å². The van der Waals surface area contributed by atoms with Crippen molar-refractivity contribution in [3.8, 4) is 0 Å². The highest BCUT2D eigenvalue weighted by Gasteiger charge is 2.34. The summed E-state index contributed by atoms with van der Waals surface area (Å²) in [6.45, 7) is 6.61. The summed E-state index contributed by atoms with van der Waals surface area (Å²) < 4.78 is 13.6. The van der Waals surface area contributed by atoms with Crippen molar-refractivity contribution in [3.63, 3.8) is 0 Å². The van der Waals surface area contributed by atoms with Crippen molar-refractivity contribution in [2.45, 2.75) is 58.5 Å². The van der Waals surface area contributed by atoms with Crippen molar-refractivity contribution in [2.24, 2.45) is 0 Å². The maximum absolute atomic E-state index is 13.7. The van der Waals surface area contributed by atoms with E-state index in [-0.39, 0.29) is 36.3 Å². The molecule has 0 radical (unpaired) electrons. The summed E-state index contributed by atoms with van der Waals surface area (Å²) in [7, 11) is 0. The number of rotatable bonds is 8. The highest BCUT2D eigenvalue weighted by Crippen LogP contribution is 2.38. The van der Waals surface area contributed by atoms with Crippen LogP contribution in [-0.4, -0.2) is 40.7 Å². The van der Waals surface area contributed by atoms with Gasteiger partial charge in [0.15, 0.2) is 0 Å². The average Bonchev–Trinajstić information content (AvgIpc) is 3.34. The van der Waals surface area contributed by atoms with Crippen LogP contribution in [0, 0.1) is 5.82 Å². The first-order chi connectivity index (χ1) is 16.9. The Labute approximate surface area is 211 Å². The Hall–Kier alpha value is -2.99. The van der Waals surface area contributed by atoms with Crippen molar-refractivity contribution in [1.29, 1.82) is 0 Å². The molecule has 6 heteroatoms. The molecule has 1 aromatic heterocycles. The molecule has 1 unspecified atom stereocenters. The Morgan fingerprint density at radius 3 is 2.46 bits per heavy atom. The van der Waals surface area contributed by atoms with Gasteiger partial charge in [0.1, 0.15) is 12.4 Å². The normalized spacial score (nSPS) is 15.2. The highest BCUT2D eigenvalue weighted by molar-refractivity contribution is 7.10. The number of carbonyl (C=O) groups is 2. The summed E-state index contributed by atoms with van der Waals surface area (Å²) in [5.74, 6) is -0.537. The average molecular weight is 493 g/mol. The molecule has 1 aliphatic rings. The van der Waals surface area contributed by atoms with E-state index in [0.29, 0.717) is 12.1 Å². The Morgan fingerprint density at radius 2 is 1.80 bits per heavy atom. The van der Waals surface area contributed by atoms with Gasteiger partial charge < -0.3 is 9.80 Å². The molecule has 4 rings (SSSR count). The van der Waals surface area contributed by atoms with Crippen LogP contribution in [0.25, 0.3) is 0 Å². The van der Waals surface area contributed by atoms with E-state index in [4.69, 9.17) is 0 Å². The second-order valence-electron chi connectivity index (χ2n) is 9.42. The number of nitrogens with zero attached hydrogens (tertiary/aromatic N) is 2. The smallest absolute Gasteiger partial charge is 0.254 e. The van der Waals surface area contributed by atoms with Crippen LogP contribution in [0.1, 0.15) is 71.6 Å². The first-order valence-corrected chi connectivity index (χ1v) is 13.3. The van der Waals surface area contributed by atoms with Gasteiger partial charge in [0.25, 0.3) is 5.91 Å². The molecule has 0 bridgehead atoms. The molecule has 2 aromatic carbocycles. The fraction of sp³-hybridized carbons (Fsp3) is 0.379. The van der Waals surface area contributed by atoms with E-state index in [1.165, 1.54) is 22.6 Å². The minimum absolute atomic E-state index is 0.00521. The first-order valence-electron chi connectivity index (χ1n) is 12.4. The summed E-state index contributed by atoms with van der Waals surface area (Å²) in [5, 5.41) is 2.04. The number of carbonyl (C=O) groups excluding carboxylic acids is 2. The second-order valence-corrected chi connectivity index (χ2v) is 10.4. The number of amides is 2. The molecular weight excluding hydrogens is 459 g/mol. The van der Waals surface area contributed by atoms with Crippen LogP contribution in [0.5, 0.6) is 0 Å². The Balaban J connectivity index is 1.55. The Bertz CT molecular complexity index is 1150. The number of hydrogen-bond acceptors (Lipinski definition) is 3. The monoisotopic (exact) mass is 492 g/mol. The van der Waals surface area contributed by atoms with Crippen molar-refractivity contribution >= 4 is 23.2 Å². The van der Waals surface area contributed by atoms with E-state index < -0.39 is 0 Å². The van der Waals surface area contributed by atoms with Gasteiger partial charge in [-0.2, -0.15) is 0 Å². The molecule has 4 nitrogen and oxygen atoms in total. The predicted molar refractivity (Wildman–Crippen MR) is 139 cm³/mol. The fourth-order valence-electron chi connectivity index (χ4n) is 4.68. The van der Waals surface area contributed by atoms with E-state index in [1.54, 1.807) is 28.4 Å². The number of hydrogen-bond donors (Lipinski definition) is 0. The van der Waals surface area contributed by atoms with Crippen molar-refractivity contribution < 1.29 is 14.0 Å². The molecule has 1 aliphatic heterocycles. The minimum atomic E-state index is -0.301.